The first-order chi connectivity index (χ1) is 10.3. The van der Waals surface area contributed by atoms with Crippen molar-refractivity contribution in [2.45, 2.75) is 62.2 Å². The van der Waals surface area contributed by atoms with Gasteiger partial charge in [-0.2, -0.15) is 0 Å². The number of hydrogen-bond donors (Lipinski definition) is 0. The van der Waals surface area contributed by atoms with Crippen LogP contribution in [0, 0.1) is 0 Å². The molecule has 1 aliphatic rings. The lowest BCUT2D eigenvalue weighted by Crippen LogP contribution is -2.03. The summed E-state index contributed by atoms with van der Waals surface area (Å²) in [4.78, 5) is 9.02. The Labute approximate surface area is 137 Å². The van der Waals surface area contributed by atoms with E-state index in [1.54, 1.807) is 11.8 Å². The molecule has 0 spiro atoms. The Balaban J connectivity index is 1.85. The van der Waals surface area contributed by atoms with E-state index in [9.17, 15) is 0 Å². The standard InChI is InChI=1S/C14H18BrN5S/c1-2-6-11-16-10(15)9-13(17-11)21-14-19-18-12-7-4-3-5-8-20(12)14/h9H,2-8H2,1H3. The lowest BCUT2D eigenvalue weighted by Gasteiger charge is -2.07. The molecule has 0 atom stereocenters. The Morgan fingerprint density at radius 1 is 1.24 bits per heavy atom. The Kier molecular flexibility index (Phi) is 4.90. The summed E-state index contributed by atoms with van der Waals surface area (Å²) in [6, 6.07) is 1.95. The number of halogens is 1. The molecular formula is C14H18BrN5S. The van der Waals surface area contributed by atoms with Crippen LogP contribution in [0.1, 0.15) is 44.3 Å². The van der Waals surface area contributed by atoms with Crippen LogP contribution >= 0.6 is 27.7 Å². The van der Waals surface area contributed by atoms with Crippen molar-refractivity contribution < 1.29 is 0 Å². The second kappa shape index (κ2) is 6.87. The van der Waals surface area contributed by atoms with E-state index < -0.39 is 0 Å². The van der Waals surface area contributed by atoms with Gasteiger partial charge >= 0.3 is 0 Å². The van der Waals surface area contributed by atoms with Crippen molar-refractivity contribution in [3.8, 4) is 0 Å². The first-order valence-corrected chi connectivity index (χ1v) is 9.00. The van der Waals surface area contributed by atoms with Crippen molar-refractivity contribution in [1.29, 1.82) is 0 Å². The second-order valence-corrected chi connectivity index (χ2v) is 6.96. The Bertz CT molecular complexity index is 628. The predicted octanol–water partition coefficient (Wildman–Crippen LogP) is 3.66. The van der Waals surface area contributed by atoms with Gasteiger partial charge in [-0.15, -0.1) is 10.2 Å². The lowest BCUT2D eigenvalue weighted by atomic mass is 10.2. The molecule has 0 amide bonds. The van der Waals surface area contributed by atoms with E-state index in [0.717, 1.165) is 52.2 Å². The number of aryl methyl sites for hydroxylation is 2. The second-order valence-electron chi connectivity index (χ2n) is 5.16. The molecular weight excluding hydrogens is 350 g/mol. The summed E-state index contributed by atoms with van der Waals surface area (Å²) >= 11 is 5.05. The quantitative estimate of drug-likeness (QED) is 0.771. The molecule has 112 valence electrons. The summed E-state index contributed by atoms with van der Waals surface area (Å²) in [6.45, 7) is 3.15. The maximum Gasteiger partial charge on any atom is 0.197 e. The molecule has 0 bridgehead atoms. The zero-order valence-electron chi connectivity index (χ0n) is 12.0. The fourth-order valence-corrected chi connectivity index (χ4v) is 3.93. The summed E-state index contributed by atoms with van der Waals surface area (Å²) in [6.07, 6.45) is 6.65. The molecule has 0 radical (unpaired) electrons. The molecule has 1 aliphatic heterocycles. The number of nitrogens with zero attached hydrogens (tertiary/aromatic N) is 5. The van der Waals surface area contributed by atoms with Crippen LogP contribution in [0.4, 0.5) is 0 Å². The Morgan fingerprint density at radius 3 is 3.00 bits per heavy atom. The van der Waals surface area contributed by atoms with Crippen LogP contribution < -0.4 is 0 Å². The van der Waals surface area contributed by atoms with Crippen LogP contribution in [0.3, 0.4) is 0 Å². The molecule has 2 aromatic rings. The minimum Gasteiger partial charge on any atom is -0.306 e. The van der Waals surface area contributed by atoms with Crippen molar-refractivity contribution in [2.75, 3.05) is 0 Å². The summed E-state index contributed by atoms with van der Waals surface area (Å²) in [7, 11) is 0. The summed E-state index contributed by atoms with van der Waals surface area (Å²) in [5, 5.41) is 10.5. The van der Waals surface area contributed by atoms with E-state index in [1.165, 1.54) is 19.3 Å². The highest BCUT2D eigenvalue weighted by Gasteiger charge is 2.16. The van der Waals surface area contributed by atoms with Gasteiger partial charge in [-0.1, -0.05) is 13.3 Å². The Hall–Kier alpha value is -0.950. The normalized spacial score (nSPS) is 14.8. The number of fused-ring (bicyclic) bond motifs is 1. The smallest absolute Gasteiger partial charge is 0.197 e. The van der Waals surface area contributed by atoms with E-state index in [0.29, 0.717) is 0 Å². The molecule has 0 aromatic carbocycles. The van der Waals surface area contributed by atoms with Crippen LogP contribution in [0.2, 0.25) is 0 Å². The third-order valence-corrected chi connectivity index (χ3v) is 4.77. The van der Waals surface area contributed by atoms with Gasteiger partial charge in [0, 0.05) is 25.5 Å². The van der Waals surface area contributed by atoms with Gasteiger partial charge in [-0.25, -0.2) is 9.97 Å². The summed E-state index contributed by atoms with van der Waals surface area (Å²) in [5.74, 6) is 1.99. The van der Waals surface area contributed by atoms with E-state index in [-0.39, 0.29) is 0 Å². The van der Waals surface area contributed by atoms with Crippen LogP contribution in [0.25, 0.3) is 0 Å². The number of aromatic nitrogens is 5. The average molecular weight is 368 g/mol. The van der Waals surface area contributed by atoms with Gasteiger partial charge in [0.1, 0.15) is 21.3 Å². The molecule has 0 N–H and O–H groups in total. The third kappa shape index (κ3) is 3.63. The molecule has 0 unspecified atom stereocenters. The van der Waals surface area contributed by atoms with Gasteiger partial charge < -0.3 is 4.57 Å². The van der Waals surface area contributed by atoms with Crippen LogP contribution in [-0.4, -0.2) is 24.7 Å². The third-order valence-electron chi connectivity index (χ3n) is 3.46. The Morgan fingerprint density at radius 2 is 2.14 bits per heavy atom. The van der Waals surface area contributed by atoms with Crippen molar-refractivity contribution in [2.24, 2.45) is 0 Å². The lowest BCUT2D eigenvalue weighted by molar-refractivity contribution is 0.590. The van der Waals surface area contributed by atoms with E-state index in [1.807, 2.05) is 6.07 Å². The minimum atomic E-state index is 0.832. The van der Waals surface area contributed by atoms with Gasteiger partial charge in [0.25, 0.3) is 0 Å². The van der Waals surface area contributed by atoms with E-state index >= 15 is 0 Å². The predicted molar refractivity (Wildman–Crippen MR) is 85.4 cm³/mol. The fourth-order valence-electron chi connectivity index (χ4n) is 2.46. The molecule has 3 rings (SSSR count). The number of rotatable bonds is 4. The van der Waals surface area contributed by atoms with Crippen LogP contribution in [-0.2, 0) is 19.4 Å². The number of hydrogen-bond acceptors (Lipinski definition) is 5. The van der Waals surface area contributed by atoms with E-state index in [2.05, 4.69) is 47.6 Å². The van der Waals surface area contributed by atoms with Gasteiger partial charge in [-0.3, -0.25) is 0 Å². The molecule has 0 saturated carbocycles. The van der Waals surface area contributed by atoms with Gasteiger partial charge in [0.15, 0.2) is 5.16 Å². The molecule has 0 aliphatic carbocycles. The molecule has 3 heterocycles. The zero-order chi connectivity index (χ0) is 14.7. The minimum absolute atomic E-state index is 0.832. The molecule has 2 aromatic heterocycles. The topological polar surface area (TPSA) is 56.5 Å². The molecule has 0 fully saturated rings. The highest BCUT2D eigenvalue weighted by molar-refractivity contribution is 9.10. The summed E-state index contributed by atoms with van der Waals surface area (Å²) in [5.41, 5.74) is 0. The highest BCUT2D eigenvalue weighted by Crippen LogP contribution is 2.28. The van der Waals surface area contributed by atoms with Crippen LogP contribution in [0.15, 0.2) is 20.9 Å². The van der Waals surface area contributed by atoms with Gasteiger partial charge in [0.05, 0.1) is 0 Å². The summed E-state index contributed by atoms with van der Waals surface area (Å²) < 4.78 is 3.08. The fraction of sp³-hybridized carbons (Fsp3) is 0.571. The van der Waals surface area contributed by atoms with E-state index in [4.69, 9.17) is 0 Å². The van der Waals surface area contributed by atoms with Crippen LogP contribution in [0.5, 0.6) is 0 Å². The van der Waals surface area contributed by atoms with Crippen molar-refractivity contribution in [1.82, 2.24) is 24.7 Å². The monoisotopic (exact) mass is 367 g/mol. The molecule has 0 saturated heterocycles. The SMILES string of the molecule is CCCc1nc(Br)cc(Sc2nnc3n2CCCCC3)n1. The maximum atomic E-state index is 4.61. The molecule has 5 nitrogen and oxygen atoms in total. The van der Waals surface area contributed by atoms with Gasteiger partial charge in [0.2, 0.25) is 0 Å². The average Bonchev–Trinajstić information content (AvgIpc) is 2.68. The molecule has 21 heavy (non-hydrogen) atoms. The molecule has 7 heteroatoms. The van der Waals surface area contributed by atoms with Crippen molar-refractivity contribution in [3.05, 3.63) is 22.3 Å². The zero-order valence-corrected chi connectivity index (χ0v) is 14.5. The largest absolute Gasteiger partial charge is 0.306 e. The van der Waals surface area contributed by atoms with Crippen molar-refractivity contribution >= 4 is 27.7 Å². The van der Waals surface area contributed by atoms with Crippen molar-refractivity contribution in [3.63, 3.8) is 0 Å². The first-order valence-electron chi connectivity index (χ1n) is 7.39. The van der Waals surface area contributed by atoms with Gasteiger partial charge in [-0.05, 0) is 47.0 Å². The highest BCUT2D eigenvalue weighted by atomic mass is 79.9. The maximum absolute atomic E-state index is 4.61. The first kappa shape index (κ1) is 15.0.